The smallest absolute Gasteiger partial charge is 0.156 e. The predicted molar refractivity (Wildman–Crippen MR) is 56.8 cm³/mol. The van der Waals surface area contributed by atoms with Crippen molar-refractivity contribution in [2.24, 2.45) is 0 Å². The van der Waals surface area contributed by atoms with Crippen molar-refractivity contribution < 1.29 is 19.2 Å². The van der Waals surface area contributed by atoms with Crippen LogP contribution in [0.2, 0.25) is 0 Å². The average molecular weight is 220 g/mol. The Bertz CT molecular complexity index is 314. The Morgan fingerprint density at radius 3 is 0.875 bits per heavy atom. The van der Waals surface area contributed by atoms with Crippen molar-refractivity contribution in [3.8, 4) is 0 Å². The van der Waals surface area contributed by atoms with Crippen LogP contribution in [0.3, 0.4) is 0 Å². The van der Waals surface area contributed by atoms with E-state index < -0.39 is 0 Å². The minimum atomic E-state index is -0.248. The lowest BCUT2D eigenvalue weighted by Gasteiger charge is -1.96. The maximum atomic E-state index is 11.2. The summed E-state index contributed by atoms with van der Waals surface area (Å²) in [4.78, 5) is 44.7. The number of allylic oxidation sites excluding steroid dienone is 4. The van der Waals surface area contributed by atoms with Crippen LogP contribution in [0.15, 0.2) is 24.3 Å². The summed E-state index contributed by atoms with van der Waals surface area (Å²) in [6, 6.07) is 0. The zero-order chi connectivity index (χ0) is 12.0. The molecule has 4 heteroatoms. The van der Waals surface area contributed by atoms with Crippen LogP contribution in [0.5, 0.6) is 0 Å². The minimum Gasteiger partial charge on any atom is -0.295 e. The molecule has 0 fully saturated rings. The number of ketones is 4. The van der Waals surface area contributed by atoms with Gasteiger partial charge in [-0.25, -0.2) is 0 Å². The van der Waals surface area contributed by atoms with Crippen molar-refractivity contribution >= 4 is 23.1 Å². The molecule has 84 valence electrons. The first-order valence-electron chi connectivity index (χ1n) is 5.05. The number of carbonyl (C=O) groups is 4. The van der Waals surface area contributed by atoms with Crippen LogP contribution in [-0.4, -0.2) is 23.1 Å². The van der Waals surface area contributed by atoms with Gasteiger partial charge < -0.3 is 0 Å². The second-order valence-electron chi connectivity index (χ2n) is 3.53. The first-order valence-corrected chi connectivity index (χ1v) is 5.05. The highest BCUT2D eigenvalue weighted by atomic mass is 16.1. The molecular formula is C12H12O4. The van der Waals surface area contributed by atoms with Crippen molar-refractivity contribution in [1.29, 1.82) is 0 Å². The van der Waals surface area contributed by atoms with Crippen molar-refractivity contribution in [2.45, 2.75) is 25.7 Å². The maximum absolute atomic E-state index is 11.2. The number of rotatable bonds is 0. The molecule has 0 N–H and O–H groups in total. The van der Waals surface area contributed by atoms with Gasteiger partial charge in [0.2, 0.25) is 0 Å². The van der Waals surface area contributed by atoms with Crippen LogP contribution in [0, 0.1) is 0 Å². The Morgan fingerprint density at radius 1 is 0.500 bits per heavy atom. The summed E-state index contributed by atoms with van der Waals surface area (Å²) in [5.74, 6) is -0.993. The molecule has 0 aromatic rings. The fraction of sp³-hybridized carbons (Fsp3) is 0.333. The number of hydrogen-bond acceptors (Lipinski definition) is 4. The van der Waals surface area contributed by atoms with Crippen molar-refractivity contribution in [2.75, 3.05) is 0 Å². The highest BCUT2D eigenvalue weighted by molar-refractivity contribution is 6.04. The summed E-state index contributed by atoms with van der Waals surface area (Å²) in [6.45, 7) is 0. The molecule has 0 radical (unpaired) electrons. The molecule has 4 nitrogen and oxygen atoms in total. The Balaban J connectivity index is 2.74. The predicted octanol–water partition coefficient (Wildman–Crippen LogP) is 0.949. The quantitative estimate of drug-likeness (QED) is 0.609. The van der Waals surface area contributed by atoms with Gasteiger partial charge in [0.1, 0.15) is 0 Å². The van der Waals surface area contributed by atoms with Crippen LogP contribution < -0.4 is 0 Å². The molecular weight excluding hydrogens is 208 g/mol. The summed E-state index contributed by atoms with van der Waals surface area (Å²) < 4.78 is 0. The second kappa shape index (κ2) is 5.90. The molecule has 0 unspecified atom stereocenters. The standard InChI is InChI=1S/C12H12O4/c13-9-1-2-10(14)5-6-12(16)8-7-11(15)4-3-9/h1-2,7-8H,3-6H2/b2-1-,8-7+. The molecule has 0 atom stereocenters. The average Bonchev–Trinajstić information content (AvgIpc) is 2.27. The summed E-state index contributed by atoms with van der Waals surface area (Å²) in [5, 5.41) is 0. The van der Waals surface area contributed by atoms with Gasteiger partial charge in [-0.05, 0) is 24.3 Å². The third kappa shape index (κ3) is 4.59. The first kappa shape index (κ1) is 12.2. The van der Waals surface area contributed by atoms with Gasteiger partial charge in [0, 0.05) is 25.7 Å². The van der Waals surface area contributed by atoms with E-state index in [1.54, 1.807) is 0 Å². The van der Waals surface area contributed by atoms with E-state index in [2.05, 4.69) is 0 Å². The van der Waals surface area contributed by atoms with Gasteiger partial charge in [0.15, 0.2) is 23.1 Å². The van der Waals surface area contributed by atoms with Gasteiger partial charge >= 0.3 is 0 Å². The van der Waals surface area contributed by atoms with E-state index in [0.717, 1.165) is 0 Å². The van der Waals surface area contributed by atoms with E-state index in [0.29, 0.717) is 0 Å². The monoisotopic (exact) mass is 220 g/mol. The molecule has 0 spiro atoms. The van der Waals surface area contributed by atoms with Crippen molar-refractivity contribution in [3.63, 3.8) is 0 Å². The van der Waals surface area contributed by atoms with Gasteiger partial charge in [-0.1, -0.05) is 0 Å². The van der Waals surface area contributed by atoms with E-state index in [-0.39, 0.29) is 48.8 Å². The zero-order valence-electron chi connectivity index (χ0n) is 8.77. The summed E-state index contributed by atoms with van der Waals surface area (Å²) in [6.07, 6.45) is 4.97. The van der Waals surface area contributed by atoms with Crippen LogP contribution in [0.4, 0.5) is 0 Å². The molecule has 0 saturated heterocycles. The normalized spacial score (nSPS) is 23.5. The van der Waals surface area contributed by atoms with Gasteiger partial charge in [-0.15, -0.1) is 0 Å². The van der Waals surface area contributed by atoms with Crippen LogP contribution >= 0.6 is 0 Å². The lowest BCUT2D eigenvalue weighted by molar-refractivity contribution is -0.121. The molecule has 0 heterocycles. The molecule has 0 amide bonds. The van der Waals surface area contributed by atoms with Crippen LogP contribution in [-0.2, 0) is 19.2 Å². The van der Waals surface area contributed by atoms with Crippen molar-refractivity contribution in [1.82, 2.24) is 0 Å². The summed E-state index contributed by atoms with van der Waals surface area (Å²) in [7, 11) is 0. The van der Waals surface area contributed by atoms with Crippen molar-refractivity contribution in [3.05, 3.63) is 24.3 Å². The molecule has 0 saturated carbocycles. The molecule has 1 rings (SSSR count). The lowest BCUT2D eigenvalue weighted by atomic mass is 10.1. The topological polar surface area (TPSA) is 68.3 Å². The zero-order valence-corrected chi connectivity index (χ0v) is 8.77. The van der Waals surface area contributed by atoms with Crippen LogP contribution in [0.1, 0.15) is 25.7 Å². The lowest BCUT2D eigenvalue weighted by Crippen LogP contribution is -2.05. The minimum absolute atomic E-state index is 0.0706. The Hall–Kier alpha value is -1.84. The molecule has 1 aliphatic rings. The van der Waals surface area contributed by atoms with Gasteiger partial charge in [-0.2, -0.15) is 0 Å². The number of hydrogen-bond donors (Lipinski definition) is 0. The first-order chi connectivity index (χ1) is 7.58. The molecule has 1 aliphatic carbocycles. The third-order valence-electron chi connectivity index (χ3n) is 2.15. The largest absolute Gasteiger partial charge is 0.295 e. The molecule has 0 aliphatic heterocycles. The van der Waals surface area contributed by atoms with E-state index >= 15 is 0 Å². The fourth-order valence-electron chi connectivity index (χ4n) is 1.20. The second-order valence-corrected chi connectivity index (χ2v) is 3.53. The molecule has 16 heavy (non-hydrogen) atoms. The van der Waals surface area contributed by atoms with Gasteiger partial charge in [-0.3, -0.25) is 19.2 Å². The third-order valence-corrected chi connectivity index (χ3v) is 2.15. The van der Waals surface area contributed by atoms with Gasteiger partial charge in [0.25, 0.3) is 0 Å². The Kier molecular flexibility index (Phi) is 4.51. The fourth-order valence-corrected chi connectivity index (χ4v) is 1.20. The van der Waals surface area contributed by atoms with E-state index in [1.165, 1.54) is 24.3 Å². The number of carbonyl (C=O) groups excluding carboxylic acids is 4. The van der Waals surface area contributed by atoms with E-state index in [9.17, 15) is 19.2 Å². The van der Waals surface area contributed by atoms with Gasteiger partial charge in [0.05, 0.1) is 0 Å². The maximum Gasteiger partial charge on any atom is 0.156 e. The van der Waals surface area contributed by atoms with Crippen LogP contribution in [0.25, 0.3) is 0 Å². The Labute approximate surface area is 93.0 Å². The van der Waals surface area contributed by atoms with E-state index in [4.69, 9.17) is 0 Å². The van der Waals surface area contributed by atoms with E-state index in [1.807, 2.05) is 0 Å². The molecule has 0 bridgehead atoms. The summed E-state index contributed by atoms with van der Waals surface area (Å²) >= 11 is 0. The highest BCUT2D eigenvalue weighted by Crippen LogP contribution is 2.01. The SMILES string of the molecule is O=C1/C=C\C(=O)CCC(=O)/C=C/C(=O)CC1. The Morgan fingerprint density at radius 2 is 0.688 bits per heavy atom. The summed E-state index contributed by atoms with van der Waals surface area (Å²) in [5.41, 5.74) is 0. The highest BCUT2D eigenvalue weighted by Gasteiger charge is 2.07. The molecule has 0 aromatic heterocycles. The molecule has 0 aromatic carbocycles.